The van der Waals surface area contributed by atoms with Gasteiger partial charge in [-0.3, -0.25) is 9.78 Å². The summed E-state index contributed by atoms with van der Waals surface area (Å²) in [6, 6.07) is 14.1. The molecule has 0 saturated carbocycles. The van der Waals surface area contributed by atoms with Gasteiger partial charge in [0.25, 0.3) is 0 Å². The molecule has 0 N–H and O–H groups in total. The van der Waals surface area contributed by atoms with Crippen molar-refractivity contribution in [1.82, 2.24) is 4.98 Å². The second-order valence-corrected chi connectivity index (χ2v) is 7.14. The molecule has 0 aliphatic rings. The van der Waals surface area contributed by atoms with Crippen molar-refractivity contribution in [1.29, 1.82) is 0 Å². The lowest BCUT2D eigenvalue weighted by Gasteiger charge is -2.12. The van der Waals surface area contributed by atoms with Crippen molar-refractivity contribution in [2.45, 2.75) is 40.0 Å². The number of aromatic nitrogens is 1. The molecular formula is C23H25NO. The molecule has 0 fully saturated rings. The second kappa shape index (κ2) is 7.60. The Morgan fingerprint density at radius 1 is 1.08 bits per heavy atom. The van der Waals surface area contributed by atoms with Gasteiger partial charge in [-0.25, -0.2) is 0 Å². The Bertz CT molecular complexity index is 935. The van der Waals surface area contributed by atoms with Crippen LogP contribution in [0.15, 0.2) is 60.3 Å². The quantitative estimate of drug-likeness (QED) is 0.299. The van der Waals surface area contributed by atoms with E-state index in [1.54, 1.807) is 6.20 Å². The molecule has 0 spiro atoms. The molecule has 1 atom stereocenters. The van der Waals surface area contributed by atoms with Crippen molar-refractivity contribution in [3.05, 3.63) is 65.9 Å². The average molecular weight is 331 g/mol. The van der Waals surface area contributed by atoms with Crippen molar-refractivity contribution < 1.29 is 4.79 Å². The molecule has 25 heavy (non-hydrogen) atoms. The van der Waals surface area contributed by atoms with Gasteiger partial charge in [0.05, 0.1) is 5.52 Å². The van der Waals surface area contributed by atoms with Crippen LogP contribution in [-0.4, -0.2) is 10.8 Å². The summed E-state index contributed by atoms with van der Waals surface area (Å²) in [5.41, 5.74) is 3.06. The first kappa shape index (κ1) is 17.3. The molecule has 0 saturated heterocycles. The fraction of sp³-hybridized carbons (Fsp3) is 0.304. The molecule has 2 aromatic carbocycles. The first-order valence-electron chi connectivity index (χ1n) is 8.99. The van der Waals surface area contributed by atoms with Crippen LogP contribution in [-0.2, 0) is 0 Å². The third-order valence-corrected chi connectivity index (χ3v) is 4.66. The summed E-state index contributed by atoms with van der Waals surface area (Å²) in [6.45, 7) is 6.40. The number of Topliss-reactive ketones (excluding diaryl/α,β-unsaturated/α-hetero) is 1. The molecule has 0 aliphatic heterocycles. The third-order valence-electron chi connectivity index (χ3n) is 4.66. The zero-order chi connectivity index (χ0) is 17.8. The Morgan fingerprint density at radius 3 is 2.64 bits per heavy atom. The van der Waals surface area contributed by atoms with Crippen molar-refractivity contribution >= 4 is 27.5 Å². The number of fused-ring (bicyclic) bond motifs is 3. The van der Waals surface area contributed by atoms with Crippen molar-refractivity contribution in [3.63, 3.8) is 0 Å². The van der Waals surface area contributed by atoms with Crippen LogP contribution in [0.3, 0.4) is 0 Å². The highest BCUT2D eigenvalue weighted by atomic mass is 16.1. The highest BCUT2D eigenvalue weighted by Gasteiger charge is 2.15. The van der Waals surface area contributed by atoms with E-state index in [9.17, 15) is 4.79 Å². The van der Waals surface area contributed by atoms with Crippen molar-refractivity contribution in [2.24, 2.45) is 5.92 Å². The predicted octanol–water partition coefficient (Wildman–Crippen LogP) is 6.34. The Kier molecular flexibility index (Phi) is 5.28. The van der Waals surface area contributed by atoms with Gasteiger partial charge in [-0.05, 0) is 44.1 Å². The van der Waals surface area contributed by atoms with E-state index in [1.165, 1.54) is 5.57 Å². The van der Waals surface area contributed by atoms with E-state index in [0.717, 1.165) is 40.1 Å². The minimum Gasteiger partial charge on any atom is -0.294 e. The van der Waals surface area contributed by atoms with Gasteiger partial charge in [0.15, 0.2) is 5.78 Å². The highest BCUT2D eigenvalue weighted by Crippen LogP contribution is 2.28. The van der Waals surface area contributed by atoms with Crippen LogP contribution >= 0.6 is 0 Å². The summed E-state index contributed by atoms with van der Waals surface area (Å²) in [5.74, 6) is 0.592. The molecule has 2 nitrogen and oxygen atoms in total. The minimum atomic E-state index is 0.216. The molecule has 128 valence electrons. The van der Waals surface area contributed by atoms with Crippen LogP contribution in [0.5, 0.6) is 0 Å². The van der Waals surface area contributed by atoms with E-state index in [2.05, 4.69) is 50.0 Å². The van der Waals surface area contributed by atoms with Crippen molar-refractivity contribution in [3.8, 4) is 0 Å². The summed E-state index contributed by atoms with van der Waals surface area (Å²) in [5, 5.41) is 3.14. The Balaban J connectivity index is 1.91. The molecule has 0 aliphatic carbocycles. The fourth-order valence-electron chi connectivity index (χ4n) is 3.33. The van der Waals surface area contributed by atoms with Crippen LogP contribution in [0.25, 0.3) is 21.7 Å². The van der Waals surface area contributed by atoms with Crippen LogP contribution in [0.2, 0.25) is 0 Å². The maximum absolute atomic E-state index is 13.0. The Labute approximate surface area is 149 Å². The topological polar surface area (TPSA) is 30.0 Å². The van der Waals surface area contributed by atoms with E-state index in [0.29, 0.717) is 12.3 Å². The van der Waals surface area contributed by atoms with Gasteiger partial charge in [-0.2, -0.15) is 0 Å². The molecule has 0 bridgehead atoms. The van der Waals surface area contributed by atoms with Crippen molar-refractivity contribution in [2.75, 3.05) is 0 Å². The Morgan fingerprint density at radius 2 is 1.84 bits per heavy atom. The molecule has 0 unspecified atom stereocenters. The number of rotatable bonds is 6. The zero-order valence-electron chi connectivity index (χ0n) is 15.3. The maximum Gasteiger partial charge on any atom is 0.163 e. The van der Waals surface area contributed by atoms with E-state index in [-0.39, 0.29) is 5.78 Å². The first-order chi connectivity index (χ1) is 12.1. The third kappa shape index (κ3) is 3.96. The van der Waals surface area contributed by atoms with E-state index in [1.807, 2.05) is 24.3 Å². The van der Waals surface area contributed by atoms with Gasteiger partial charge in [0.2, 0.25) is 0 Å². The Hall–Kier alpha value is -2.48. The lowest BCUT2D eigenvalue weighted by Crippen LogP contribution is -2.07. The largest absolute Gasteiger partial charge is 0.294 e. The molecule has 0 radical (unpaired) electrons. The lowest BCUT2D eigenvalue weighted by atomic mass is 9.92. The van der Waals surface area contributed by atoms with E-state index >= 15 is 0 Å². The smallest absolute Gasteiger partial charge is 0.163 e. The molecular weight excluding hydrogens is 306 g/mol. The number of pyridine rings is 1. The number of carbonyl (C=O) groups is 1. The molecule has 0 amide bonds. The fourth-order valence-corrected chi connectivity index (χ4v) is 3.33. The van der Waals surface area contributed by atoms with E-state index in [4.69, 9.17) is 0 Å². The number of ketones is 1. The van der Waals surface area contributed by atoms with Crippen LogP contribution in [0.4, 0.5) is 0 Å². The summed E-state index contributed by atoms with van der Waals surface area (Å²) >= 11 is 0. The number of nitrogens with zero attached hydrogens (tertiary/aromatic N) is 1. The summed E-state index contributed by atoms with van der Waals surface area (Å²) in [4.78, 5) is 17.5. The summed E-state index contributed by atoms with van der Waals surface area (Å²) < 4.78 is 0. The standard InChI is InChI=1S/C23H25NO/c1-16(2)7-4-8-17(3)15-21(25)20-11-5-9-18-12-13-19-10-6-14-24-23(19)22(18)20/h5-7,9-14,17H,4,8,15H2,1-3H3/t17-/m0/s1. The number of benzene rings is 2. The molecule has 1 heterocycles. The normalized spacial score (nSPS) is 12.3. The van der Waals surface area contributed by atoms with Crippen LogP contribution < -0.4 is 0 Å². The van der Waals surface area contributed by atoms with Gasteiger partial charge >= 0.3 is 0 Å². The van der Waals surface area contributed by atoms with Gasteiger partial charge in [0.1, 0.15) is 0 Å². The number of allylic oxidation sites excluding steroid dienone is 2. The summed E-state index contributed by atoms with van der Waals surface area (Å²) in [6.07, 6.45) is 6.71. The predicted molar refractivity (Wildman–Crippen MR) is 106 cm³/mol. The van der Waals surface area contributed by atoms with Gasteiger partial charge in [0, 0.05) is 29.0 Å². The van der Waals surface area contributed by atoms with Gasteiger partial charge in [-0.15, -0.1) is 0 Å². The SMILES string of the molecule is CC(C)=CCC[C@H](C)CC(=O)c1cccc2ccc3cccnc3c12. The average Bonchev–Trinajstić information content (AvgIpc) is 2.60. The van der Waals surface area contributed by atoms with Crippen LogP contribution in [0.1, 0.15) is 50.4 Å². The summed E-state index contributed by atoms with van der Waals surface area (Å²) in [7, 11) is 0. The lowest BCUT2D eigenvalue weighted by molar-refractivity contribution is 0.0964. The number of hydrogen-bond donors (Lipinski definition) is 0. The van der Waals surface area contributed by atoms with Crippen LogP contribution in [0, 0.1) is 5.92 Å². The second-order valence-electron chi connectivity index (χ2n) is 7.14. The first-order valence-corrected chi connectivity index (χ1v) is 8.99. The maximum atomic E-state index is 13.0. The van der Waals surface area contributed by atoms with Gasteiger partial charge in [-0.1, -0.05) is 55.0 Å². The van der Waals surface area contributed by atoms with Gasteiger partial charge < -0.3 is 0 Å². The molecule has 3 rings (SSSR count). The molecule has 3 aromatic rings. The van der Waals surface area contributed by atoms with E-state index < -0.39 is 0 Å². The molecule has 2 heteroatoms. The zero-order valence-corrected chi connectivity index (χ0v) is 15.3. The monoisotopic (exact) mass is 331 g/mol. The highest BCUT2D eigenvalue weighted by molar-refractivity contribution is 6.16. The number of hydrogen-bond acceptors (Lipinski definition) is 2. The minimum absolute atomic E-state index is 0.216. The molecule has 1 aromatic heterocycles. The number of carbonyl (C=O) groups excluding carboxylic acids is 1.